The third-order valence-corrected chi connectivity index (χ3v) is 5.99. The highest BCUT2D eigenvalue weighted by Gasteiger charge is 2.32. The average Bonchev–Trinajstić information content (AvgIpc) is 3.08. The summed E-state index contributed by atoms with van der Waals surface area (Å²) in [5, 5.41) is 3.84. The zero-order valence-corrected chi connectivity index (χ0v) is 12.1. The van der Waals surface area contributed by atoms with Crippen molar-refractivity contribution in [3.63, 3.8) is 0 Å². The fraction of sp³-hybridized carbons (Fsp3) is 0.769. The number of sulfone groups is 1. The number of ketones is 1. The molecule has 0 spiro atoms. The average molecular weight is 298 g/mol. The molecule has 7 heteroatoms. The van der Waals surface area contributed by atoms with Gasteiger partial charge in [0.15, 0.2) is 15.7 Å². The van der Waals surface area contributed by atoms with Gasteiger partial charge in [-0.2, -0.15) is 4.98 Å². The van der Waals surface area contributed by atoms with Crippen LogP contribution in [0.5, 0.6) is 0 Å². The van der Waals surface area contributed by atoms with Gasteiger partial charge >= 0.3 is 0 Å². The van der Waals surface area contributed by atoms with Crippen molar-refractivity contribution < 1.29 is 17.7 Å². The first-order chi connectivity index (χ1) is 9.53. The van der Waals surface area contributed by atoms with Crippen LogP contribution in [0.4, 0.5) is 0 Å². The van der Waals surface area contributed by atoms with E-state index in [1.807, 2.05) is 0 Å². The summed E-state index contributed by atoms with van der Waals surface area (Å²) in [6.45, 7) is 0. The largest absolute Gasteiger partial charge is 0.339 e. The Labute approximate surface area is 117 Å². The molecule has 1 aliphatic carbocycles. The molecule has 1 aliphatic heterocycles. The number of carbonyl (C=O) groups is 1. The zero-order chi connectivity index (χ0) is 14.2. The van der Waals surface area contributed by atoms with Crippen LogP contribution in [0.25, 0.3) is 0 Å². The molecule has 0 aromatic carbocycles. The number of carbonyl (C=O) groups excluding carboxylic acids is 1. The van der Waals surface area contributed by atoms with Gasteiger partial charge in [-0.15, -0.1) is 0 Å². The van der Waals surface area contributed by atoms with E-state index in [4.69, 9.17) is 4.52 Å². The Bertz CT molecular complexity index is 602. The summed E-state index contributed by atoms with van der Waals surface area (Å²) in [7, 11) is -2.96. The van der Waals surface area contributed by atoms with Crippen molar-refractivity contribution in [3.8, 4) is 0 Å². The Hall–Kier alpha value is -1.24. The van der Waals surface area contributed by atoms with Gasteiger partial charge in [0.2, 0.25) is 5.89 Å². The van der Waals surface area contributed by atoms with E-state index in [1.54, 1.807) is 0 Å². The minimum atomic E-state index is -2.96. The summed E-state index contributed by atoms with van der Waals surface area (Å²) in [5.74, 6) is 1.14. The Balaban J connectivity index is 1.63. The lowest BCUT2D eigenvalue weighted by atomic mass is 10.0. The van der Waals surface area contributed by atoms with Gasteiger partial charge in [0.1, 0.15) is 5.78 Å². The molecular weight excluding hydrogens is 280 g/mol. The van der Waals surface area contributed by atoms with Crippen LogP contribution in [0.2, 0.25) is 0 Å². The standard InChI is InChI=1S/C13H18N2O4S/c16-11(9-3-1-2-4-9)7-12-14-13(15-19-12)10-5-6-20(17,18)8-10/h9-10H,1-8H2. The lowest BCUT2D eigenvalue weighted by Gasteiger charge is -2.04. The first kappa shape index (κ1) is 13.7. The summed E-state index contributed by atoms with van der Waals surface area (Å²) >= 11 is 0. The van der Waals surface area contributed by atoms with Gasteiger partial charge in [0, 0.05) is 11.8 Å². The maximum absolute atomic E-state index is 12.0. The first-order valence-electron chi connectivity index (χ1n) is 7.09. The molecule has 1 aromatic heterocycles. The minimum absolute atomic E-state index is 0.0859. The maximum atomic E-state index is 12.0. The Morgan fingerprint density at radius 1 is 1.25 bits per heavy atom. The molecule has 0 bridgehead atoms. The lowest BCUT2D eigenvalue weighted by Crippen LogP contribution is -2.13. The van der Waals surface area contributed by atoms with Gasteiger partial charge in [0.05, 0.1) is 17.9 Å². The van der Waals surface area contributed by atoms with E-state index in [9.17, 15) is 13.2 Å². The number of nitrogens with zero attached hydrogens (tertiary/aromatic N) is 2. The quantitative estimate of drug-likeness (QED) is 0.831. The van der Waals surface area contributed by atoms with Gasteiger partial charge in [-0.25, -0.2) is 8.42 Å². The number of hydrogen-bond donors (Lipinski definition) is 0. The number of aromatic nitrogens is 2. The predicted octanol–water partition coefficient (Wildman–Crippen LogP) is 1.27. The Morgan fingerprint density at radius 3 is 2.65 bits per heavy atom. The molecule has 2 heterocycles. The van der Waals surface area contributed by atoms with Crippen molar-refractivity contribution in [3.05, 3.63) is 11.7 Å². The molecule has 2 aliphatic rings. The van der Waals surface area contributed by atoms with Gasteiger partial charge in [-0.1, -0.05) is 18.0 Å². The lowest BCUT2D eigenvalue weighted by molar-refractivity contribution is -0.122. The maximum Gasteiger partial charge on any atom is 0.234 e. The highest BCUT2D eigenvalue weighted by Crippen LogP contribution is 2.28. The van der Waals surface area contributed by atoms with E-state index < -0.39 is 9.84 Å². The first-order valence-corrected chi connectivity index (χ1v) is 8.91. The summed E-state index contributed by atoms with van der Waals surface area (Å²) < 4.78 is 28.0. The van der Waals surface area contributed by atoms with E-state index in [2.05, 4.69) is 10.1 Å². The Kier molecular flexibility index (Phi) is 3.62. The SMILES string of the molecule is O=C(Cc1nc(C2CCS(=O)(=O)C2)no1)C1CCCC1. The van der Waals surface area contributed by atoms with Crippen LogP contribution in [0.3, 0.4) is 0 Å². The van der Waals surface area contributed by atoms with E-state index in [0.29, 0.717) is 18.1 Å². The van der Waals surface area contributed by atoms with Crippen molar-refractivity contribution >= 4 is 15.6 Å². The van der Waals surface area contributed by atoms with E-state index in [1.165, 1.54) is 0 Å². The molecule has 0 amide bonds. The van der Waals surface area contributed by atoms with Gasteiger partial charge in [-0.3, -0.25) is 4.79 Å². The molecule has 20 heavy (non-hydrogen) atoms. The molecule has 0 radical (unpaired) electrons. The summed E-state index contributed by atoms with van der Waals surface area (Å²) in [5.41, 5.74) is 0. The van der Waals surface area contributed by atoms with Crippen molar-refractivity contribution in [1.29, 1.82) is 0 Å². The third-order valence-electron chi connectivity index (χ3n) is 4.22. The van der Waals surface area contributed by atoms with E-state index in [-0.39, 0.29) is 35.5 Å². The second kappa shape index (κ2) is 5.27. The number of Topliss-reactive ketones (excluding diaryl/α,β-unsaturated/α-hetero) is 1. The molecule has 110 valence electrons. The summed E-state index contributed by atoms with van der Waals surface area (Å²) in [4.78, 5) is 16.2. The van der Waals surface area contributed by atoms with Gasteiger partial charge < -0.3 is 4.52 Å². The fourth-order valence-corrected chi connectivity index (χ4v) is 4.78. The van der Waals surface area contributed by atoms with Crippen LogP contribution < -0.4 is 0 Å². The molecule has 1 atom stereocenters. The fourth-order valence-electron chi connectivity index (χ4n) is 3.05. The second-order valence-electron chi connectivity index (χ2n) is 5.77. The minimum Gasteiger partial charge on any atom is -0.339 e. The normalized spacial score (nSPS) is 26.1. The molecule has 1 saturated carbocycles. The summed E-state index contributed by atoms with van der Waals surface area (Å²) in [6, 6.07) is 0. The van der Waals surface area contributed by atoms with Crippen LogP contribution in [0, 0.1) is 5.92 Å². The molecule has 1 aromatic rings. The van der Waals surface area contributed by atoms with Crippen LogP contribution in [-0.4, -0.2) is 35.8 Å². The van der Waals surface area contributed by atoms with Crippen molar-refractivity contribution in [2.75, 3.05) is 11.5 Å². The predicted molar refractivity (Wildman–Crippen MR) is 71.0 cm³/mol. The van der Waals surface area contributed by atoms with E-state index >= 15 is 0 Å². The zero-order valence-electron chi connectivity index (χ0n) is 11.2. The molecule has 1 saturated heterocycles. The Morgan fingerprint density at radius 2 is 2.00 bits per heavy atom. The third kappa shape index (κ3) is 2.92. The molecule has 2 fully saturated rings. The highest BCUT2D eigenvalue weighted by molar-refractivity contribution is 7.91. The number of hydrogen-bond acceptors (Lipinski definition) is 6. The van der Waals surface area contributed by atoms with Crippen LogP contribution >= 0.6 is 0 Å². The summed E-state index contributed by atoms with van der Waals surface area (Å²) in [6.07, 6.45) is 4.87. The van der Waals surface area contributed by atoms with E-state index in [0.717, 1.165) is 25.7 Å². The highest BCUT2D eigenvalue weighted by atomic mass is 32.2. The van der Waals surface area contributed by atoms with Gasteiger partial charge in [-0.05, 0) is 19.3 Å². The molecule has 6 nitrogen and oxygen atoms in total. The van der Waals surface area contributed by atoms with Gasteiger partial charge in [0.25, 0.3) is 0 Å². The smallest absolute Gasteiger partial charge is 0.234 e. The van der Waals surface area contributed by atoms with Crippen LogP contribution in [-0.2, 0) is 21.1 Å². The van der Waals surface area contributed by atoms with Crippen molar-refractivity contribution in [1.82, 2.24) is 10.1 Å². The molecular formula is C13H18N2O4S. The van der Waals surface area contributed by atoms with Crippen LogP contribution in [0.15, 0.2) is 4.52 Å². The topological polar surface area (TPSA) is 90.1 Å². The second-order valence-corrected chi connectivity index (χ2v) is 8.00. The molecule has 1 unspecified atom stereocenters. The number of rotatable bonds is 4. The molecule has 0 N–H and O–H groups in total. The van der Waals surface area contributed by atoms with Crippen molar-refractivity contribution in [2.45, 2.75) is 44.4 Å². The monoisotopic (exact) mass is 298 g/mol. The van der Waals surface area contributed by atoms with Crippen molar-refractivity contribution in [2.24, 2.45) is 5.92 Å². The molecule has 3 rings (SSSR count). The van der Waals surface area contributed by atoms with Crippen LogP contribution in [0.1, 0.15) is 49.7 Å².